The van der Waals surface area contributed by atoms with Crippen LogP contribution in [0.1, 0.15) is 68.2 Å². The second-order valence-corrected chi connectivity index (χ2v) is 10.0. The van der Waals surface area contributed by atoms with E-state index in [0.29, 0.717) is 18.4 Å². The van der Waals surface area contributed by atoms with Gasteiger partial charge >= 0.3 is 6.03 Å². The van der Waals surface area contributed by atoms with Crippen molar-refractivity contribution in [1.29, 1.82) is 0 Å². The van der Waals surface area contributed by atoms with Crippen molar-refractivity contribution in [3.05, 3.63) is 95.6 Å². The van der Waals surface area contributed by atoms with Gasteiger partial charge in [-0.25, -0.2) is 4.79 Å². The Bertz CT molecular complexity index is 1280. The number of amides is 2. The van der Waals surface area contributed by atoms with Crippen LogP contribution in [0.3, 0.4) is 0 Å². The van der Waals surface area contributed by atoms with Crippen LogP contribution in [0, 0.1) is 0 Å². The highest BCUT2D eigenvalue weighted by atomic mass is 16.3. The molecule has 1 fully saturated rings. The Morgan fingerprint density at radius 2 is 1.69 bits per heavy atom. The molecule has 2 aliphatic carbocycles. The van der Waals surface area contributed by atoms with E-state index >= 15 is 0 Å². The maximum Gasteiger partial charge on any atom is 0.323 e. The van der Waals surface area contributed by atoms with E-state index in [2.05, 4.69) is 10.6 Å². The third-order valence-corrected chi connectivity index (χ3v) is 7.70. The van der Waals surface area contributed by atoms with Crippen molar-refractivity contribution >= 4 is 23.2 Å². The molecule has 6 heteroatoms. The number of benzene rings is 2. The van der Waals surface area contributed by atoms with Crippen LogP contribution >= 0.6 is 0 Å². The zero-order valence-corrected chi connectivity index (χ0v) is 20.3. The second-order valence-electron chi connectivity index (χ2n) is 10.0. The summed E-state index contributed by atoms with van der Waals surface area (Å²) >= 11 is 0. The average Bonchev–Trinajstić information content (AvgIpc) is 3.40. The highest BCUT2D eigenvalue weighted by molar-refractivity contribution is 6.06. The lowest BCUT2D eigenvalue weighted by Gasteiger charge is -2.36. The zero-order valence-electron chi connectivity index (χ0n) is 20.3. The molecular formula is C30H31N3O3. The van der Waals surface area contributed by atoms with E-state index in [4.69, 9.17) is 4.42 Å². The van der Waals surface area contributed by atoms with Gasteiger partial charge < -0.3 is 15.1 Å². The minimum atomic E-state index is -0.522. The first kappa shape index (κ1) is 22.7. The fraction of sp³-hybridized carbons (Fsp3) is 0.333. The van der Waals surface area contributed by atoms with Gasteiger partial charge in [-0.15, -0.1) is 0 Å². The molecule has 0 radical (unpaired) electrons. The van der Waals surface area contributed by atoms with Gasteiger partial charge in [0.25, 0.3) is 0 Å². The number of ketones is 1. The van der Waals surface area contributed by atoms with E-state index in [0.717, 1.165) is 54.1 Å². The number of anilines is 2. The lowest BCUT2D eigenvalue weighted by atomic mass is 9.80. The van der Waals surface area contributed by atoms with Crippen molar-refractivity contribution < 1.29 is 14.0 Å². The molecule has 184 valence electrons. The quantitative estimate of drug-likeness (QED) is 0.437. The van der Waals surface area contributed by atoms with Crippen molar-refractivity contribution in [3.8, 4) is 0 Å². The topological polar surface area (TPSA) is 74.6 Å². The molecule has 2 amide bonds. The number of urea groups is 1. The summed E-state index contributed by atoms with van der Waals surface area (Å²) in [4.78, 5) is 29.7. The molecule has 0 unspecified atom stereocenters. The molecule has 3 aliphatic rings. The molecular weight excluding hydrogens is 450 g/mol. The predicted molar refractivity (Wildman–Crippen MR) is 140 cm³/mol. The first-order chi connectivity index (χ1) is 17.7. The summed E-state index contributed by atoms with van der Waals surface area (Å²) in [6, 6.07) is 21.1. The van der Waals surface area contributed by atoms with Crippen LogP contribution in [0.5, 0.6) is 0 Å². The van der Waals surface area contributed by atoms with Gasteiger partial charge in [-0.05, 0) is 49.1 Å². The van der Waals surface area contributed by atoms with Crippen molar-refractivity contribution in [2.75, 3.05) is 10.2 Å². The van der Waals surface area contributed by atoms with E-state index in [1.807, 2.05) is 66.7 Å². The number of hydrogen-bond acceptors (Lipinski definition) is 4. The first-order valence-electron chi connectivity index (χ1n) is 13.0. The SMILES string of the molecule is O=C1C[C@H](c2ccco2)CC2=C1[C@H](c1ccccc1)N(C(=O)NC1CCCCC1)c1ccccc1N2. The fourth-order valence-corrected chi connectivity index (χ4v) is 5.98. The Hall–Kier alpha value is -3.80. The van der Waals surface area contributed by atoms with Gasteiger partial charge in [0.15, 0.2) is 5.78 Å². The Kier molecular flexibility index (Phi) is 6.09. The smallest absolute Gasteiger partial charge is 0.323 e. The molecule has 1 aliphatic heterocycles. The van der Waals surface area contributed by atoms with Gasteiger partial charge in [-0.2, -0.15) is 0 Å². The molecule has 2 atom stereocenters. The predicted octanol–water partition coefficient (Wildman–Crippen LogP) is 6.70. The minimum Gasteiger partial charge on any atom is -0.469 e. The summed E-state index contributed by atoms with van der Waals surface area (Å²) in [5, 5.41) is 6.88. The molecule has 36 heavy (non-hydrogen) atoms. The van der Waals surface area contributed by atoms with Crippen molar-refractivity contribution in [3.63, 3.8) is 0 Å². The molecule has 6 rings (SSSR count). The molecule has 2 aromatic carbocycles. The average molecular weight is 482 g/mol. The van der Waals surface area contributed by atoms with Crippen LogP contribution in [0.25, 0.3) is 0 Å². The van der Waals surface area contributed by atoms with E-state index < -0.39 is 6.04 Å². The summed E-state index contributed by atoms with van der Waals surface area (Å²) in [5.74, 6) is 0.824. The summed E-state index contributed by atoms with van der Waals surface area (Å²) in [6.07, 6.45) is 8.12. The van der Waals surface area contributed by atoms with Gasteiger partial charge in [0.2, 0.25) is 0 Å². The number of hydrogen-bond donors (Lipinski definition) is 2. The van der Waals surface area contributed by atoms with Gasteiger partial charge in [0.1, 0.15) is 5.76 Å². The largest absolute Gasteiger partial charge is 0.469 e. The van der Waals surface area contributed by atoms with Crippen LogP contribution in [-0.2, 0) is 4.79 Å². The maximum absolute atomic E-state index is 14.0. The number of rotatable bonds is 3. The standard InChI is InChI=1S/C30H31N3O3/c34-26-19-21(27-16-9-17-36-27)18-24-28(26)29(20-10-3-1-4-11-20)33(25-15-8-7-14-23(25)32-24)30(35)31-22-12-5-2-6-13-22/h1,3-4,7-11,14-17,21-22,29,32H,2,5-6,12-13,18-19H2,(H,31,35)/t21-,29+/m1/s1. The van der Waals surface area contributed by atoms with Crippen LogP contribution in [0.15, 0.2) is 88.7 Å². The molecule has 1 aromatic heterocycles. The van der Waals surface area contributed by atoms with Crippen LogP contribution in [0.2, 0.25) is 0 Å². The lowest BCUT2D eigenvalue weighted by molar-refractivity contribution is -0.116. The lowest BCUT2D eigenvalue weighted by Crippen LogP contribution is -2.48. The zero-order chi connectivity index (χ0) is 24.5. The molecule has 0 saturated heterocycles. The van der Waals surface area contributed by atoms with E-state index in [1.165, 1.54) is 6.42 Å². The summed E-state index contributed by atoms with van der Waals surface area (Å²) in [5.41, 5.74) is 4.06. The summed E-state index contributed by atoms with van der Waals surface area (Å²) in [7, 11) is 0. The molecule has 2 N–H and O–H groups in total. The monoisotopic (exact) mass is 481 g/mol. The van der Waals surface area contributed by atoms with Crippen molar-refractivity contribution in [2.45, 2.75) is 62.9 Å². The summed E-state index contributed by atoms with van der Waals surface area (Å²) < 4.78 is 5.68. The fourth-order valence-electron chi connectivity index (χ4n) is 5.98. The van der Waals surface area contributed by atoms with E-state index in [-0.39, 0.29) is 23.8 Å². The highest BCUT2D eigenvalue weighted by Gasteiger charge is 2.42. The van der Waals surface area contributed by atoms with E-state index in [1.54, 1.807) is 11.2 Å². The number of furan rings is 1. The third kappa shape index (κ3) is 4.21. The summed E-state index contributed by atoms with van der Waals surface area (Å²) in [6.45, 7) is 0. The number of carbonyl (C=O) groups excluding carboxylic acids is 2. The third-order valence-electron chi connectivity index (χ3n) is 7.70. The maximum atomic E-state index is 14.0. The van der Waals surface area contributed by atoms with Gasteiger partial charge in [0.05, 0.1) is 23.7 Å². The van der Waals surface area contributed by atoms with Crippen LogP contribution in [0.4, 0.5) is 16.2 Å². The van der Waals surface area contributed by atoms with Gasteiger partial charge in [0, 0.05) is 29.7 Å². The number of nitrogens with zero attached hydrogens (tertiary/aromatic N) is 1. The minimum absolute atomic E-state index is 0.0371. The normalized spacial score (nSPS) is 22.3. The molecule has 3 aromatic rings. The Morgan fingerprint density at radius 1 is 0.917 bits per heavy atom. The first-order valence-corrected chi connectivity index (χ1v) is 13.0. The number of nitrogens with one attached hydrogen (secondary N) is 2. The second kappa shape index (κ2) is 9.69. The number of Topliss-reactive ketones (excluding diaryl/α,β-unsaturated/α-hetero) is 1. The Morgan fingerprint density at radius 3 is 2.47 bits per heavy atom. The Labute approximate surface area is 211 Å². The molecule has 0 bridgehead atoms. The number of carbonyl (C=O) groups is 2. The van der Waals surface area contributed by atoms with Gasteiger partial charge in [-0.1, -0.05) is 61.7 Å². The molecule has 0 spiro atoms. The molecule has 1 saturated carbocycles. The number of allylic oxidation sites excluding steroid dienone is 1. The van der Waals surface area contributed by atoms with Crippen molar-refractivity contribution in [2.24, 2.45) is 0 Å². The highest BCUT2D eigenvalue weighted by Crippen LogP contribution is 2.47. The Balaban J connectivity index is 1.48. The van der Waals surface area contributed by atoms with Crippen LogP contribution in [-0.4, -0.2) is 17.9 Å². The molecule has 6 nitrogen and oxygen atoms in total. The number of fused-ring (bicyclic) bond motifs is 1. The van der Waals surface area contributed by atoms with Crippen LogP contribution < -0.4 is 15.5 Å². The van der Waals surface area contributed by atoms with Gasteiger partial charge in [-0.3, -0.25) is 9.69 Å². The van der Waals surface area contributed by atoms with Crippen molar-refractivity contribution in [1.82, 2.24) is 5.32 Å². The molecule has 2 heterocycles. The van der Waals surface area contributed by atoms with E-state index in [9.17, 15) is 9.59 Å². The number of para-hydroxylation sites is 2.